The van der Waals surface area contributed by atoms with E-state index in [0.29, 0.717) is 17.9 Å². The van der Waals surface area contributed by atoms with Gasteiger partial charge in [0.05, 0.1) is 0 Å². The standard InChI is InChI=1S/C12H10O3/c1-2-6-10-11(15-12(13)14-10)9-7-4-3-5-8-9/h2-5,7-8H,1,6H2. The van der Waals surface area contributed by atoms with Crippen molar-refractivity contribution in [2.75, 3.05) is 0 Å². The number of rotatable bonds is 3. The van der Waals surface area contributed by atoms with Crippen LogP contribution in [0, 0.1) is 0 Å². The second-order valence-electron chi connectivity index (χ2n) is 3.07. The molecule has 0 radical (unpaired) electrons. The van der Waals surface area contributed by atoms with Crippen molar-refractivity contribution in [2.24, 2.45) is 0 Å². The summed E-state index contributed by atoms with van der Waals surface area (Å²) >= 11 is 0. The number of hydrogen-bond donors (Lipinski definition) is 0. The summed E-state index contributed by atoms with van der Waals surface area (Å²) in [5.41, 5.74) is 0.834. The second-order valence-corrected chi connectivity index (χ2v) is 3.07. The van der Waals surface area contributed by atoms with Crippen LogP contribution in [0.25, 0.3) is 11.3 Å². The van der Waals surface area contributed by atoms with E-state index in [-0.39, 0.29) is 0 Å². The lowest BCUT2D eigenvalue weighted by atomic mass is 10.1. The Hall–Kier alpha value is -2.03. The summed E-state index contributed by atoms with van der Waals surface area (Å²) in [4.78, 5) is 11.0. The second kappa shape index (κ2) is 4.00. The highest BCUT2D eigenvalue weighted by Gasteiger charge is 2.12. The van der Waals surface area contributed by atoms with Gasteiger partial charge >= 0.3 is 5.82 Å². The largest absolute Gasteiger partial charge is 0.519 e. The van der Waals surface area contributed by atoms with E-state index in [1.807, 2.05) is 30.3 Å². The van der Waals surface area contributed by atoms with Crippen LogP contribution in [0.4, 0.5) is 0 Å². The van der Waals surface area contributed by atoms with E-state index in [1.54, 1.807) is 6.08 Å². The van der Waals surface area contributed by atoms with Crippen molar-refractivity contribution in [1.82, 2.24) is 0 Å². The minimum Gasteiger partial charge on any atom is -0.395 e. The van der Waals surface area contributed by atoms with Crippen molar-refractivity contribution >= 4 is 0 Å². The predicted octanol–water partition coefficient (Wildman–Crippen LogP) is 2.63. The molecule has 0 N–H and O–H groups in total. The first-order valence-corrected chi connectivity index (χ1v) is 4.60. The van der Waals surface area contributed by atoms with E-state index in [9.17, 15) is 4.79 Å². The topological polar surface area (TPSA) is 43.4 Å². The molecule has 0 fully saturated rings. The molecule has 0 saturated carbocycles. The van der Waals surface area contributed by atoms with Crippen molar-refractivity contribution in [3.63, 3.8) is 0 Å². The third kappa shape index (κ3) is 1.91. The summed E-state index contributed by atoms with van der Waals surface area (Å²) in [7, 11) is 0. The van der Waals surface area contributed by atoms with Crippen LogP contribution in [0.3, 0.4) is 0 Å². The SMILES string of the molecule is C=CCc1oc(=O)oc1-c1ccccc1. The maximum Gasteiger partial charge on any atom is 0.519 e. The molecule has 76 valence electrons. The average Bonchev–Trinajstić information content (AvgIpc) is 2.62. The molecule has 0 aliphatic rings. The van der Waals surface area contributed by atoms with Crippen molar-refractivity contribution < 1.29 is 8.83 Å². The predicted molar refractivity (Wildman–Crippen MR) is 56.6 cm³/mol. The Balaban J connectivity index is 2.52. The summed E-state index contributed by atoms with van der Waals surface area (Å²) in [6.45, 7) is 3.60. The summed E-state index contributed by atoms with van der Waals surface area (Å²) in [5, 5.41) is 0. The van der Waals surface area contributed by atoms with Crippen LogP contribution in [0.15, 0.2) is 56.6 Å². The Morgan fingerprint density at radius 1 is 1.20 bits per heavy atom. The Labute approximate surface area is 86.7 Å². The normalized spacial score (nSPS) is 10.1. The fourth-order valence-corrected chi connectivity index (χ4v) is 1.38. The van der Waals surface area contributed by atoms with Crippen molar-refractivity contribution in [1.29, 1.82) is 0 Å². The van der Waals surface area contributed by atoms with Gasteiger partial charge in [0, 0.05) is 12.0 Å². The van der Waals surface area contributed by atoms with Gasteiger partial charge in [-0.1, -0.05) is 36.4 Å². The molecular weight excluding hydrogens is 192 g/mol. The van der Waals surface area contributed by atoms with Crippen LogP contribution in [0.5, 0.6) is 0 Å². The third-order valence-corrected chi connectivity index (χ3v) is 2.01. The van der Waals surface area contributed by atoms with Gasteiger partial charge in [0.25, 0.3) is 0 Å². The molecule has 0 atom stereocenters. The van der Waals surface area contributed by atoms with E-state index in [1.165, 1.54) is 0 Å². The molecule has 3 heteroatoms. The van der Waals surface area contributed by atoms with Gasteiger partial charge in [-0.3, -0.25) is 0 Å². The fourth-order valence-electron chi connectivity index (χ4n) is 1.38. The van der Waals surface area contributed by atoms with Crippen LogP contribution >= 0.6 is 0 Å². The van der Waals surface area contributed by atoms with E-state index in [2.05, 4.69) is 6.58 Å². The van der Waals surface area contributed by atoms with E-state index in [4.69, 9.17) is 8.83 Å². The van der Waals surface area contributed by atoms with Crippen molar-refractivity contribution in [3.05, 3.63) is 59.4 Å². The molecule has 1 heterocycles. The first-order chi connectivity index (χ1) is 7.31. The van der Waals surface area contributed by atoms with Crippen LogP contribution in [-0.4, -0.2) is 0 Å². The smallest absolute Gasteiger partial charge is 0.395 e. The third-order valence-electron chi connectivity index (χ3n) is 2.01. The highest BCUT2D eigenvalue weighted by molar-refractivity contribution is 5.58. The monoisotopic (exact) mass is 202 g/mol. The van der Waals surface area contributed by atoms with Crippen LogP contribution in [0.2, 0.25) is 0 Å². The molecule has 0 saturated heterocycles. The summed E-state index contributed by atoms with van der Waals surface area (Å²) in [6, 6.07) is 9.37. The molecule has 2 rings (SSSR count). The van der Waals surface area contributed by atoms with Gasteiger partial charge in [-0.2, -0.15) is 0 Å². The van der Waals surface area contributed by atoms with Gasteiger partial charge in [-0.05, 0) is 0 Å². The molecule has 0 amide bonds. The highest BCUT2D eigenvalue weighted by atomic mass is 16.6. The van der Waals surface area contributed by atoms with Gasteiger partial charge < -0.3 is 8.83 Å². The molecule has 0 unspecified atom stereocenters. The number of benzene rings is 1. The van der Waals surface area contributed by atoms with Crippen LogP contribution in [0.1, 0.15) is 5.76 Å². The molecule has 0 aliphatic carbocycles. The number of hydrogen-bond acceptors (Lipinski definition) is 3. The van der Waals surface area contributed by atoms with Gasteiger partial charge in [-0.25, -0.2) is 4.79 Å². The fraction of sp³-hybridized carbons (Fsp3) is 0.0833. The minimum absolute atomic E-state index is 0.482. The molecule has 1 aromatic carbocycles. The summed E-state index contributed by atoms with van der Waals surface area (Å²) in [5.74, 6) is 0.326. The zero-order chi connectivity index (χ0) is 10.7. The quantitative estimate of drug-likeness (QED) is 0.718. The molecule has 0 aliphatic heterocycles. The Morgan fingerprint density at radius 2 is 1.93 bits per heavy atom. The molecule has 1 aromatic heterocycles. The summed E-state index contributed by atoms with van der Waals surface area (Å²) < 4.78 is 9.90. The zero-order valence-corrected chi connectivity index (χ0v) is 8.10. The maximum absolute atomic E-state index is 11.0. The van der Waals surface area contributed by atoms with Gasteiger partial charge in [-0.15, -0.1) is 6.58 Å². The lowest BCUT2D eigenvalue weighted by molar-refractivity contribution is 0.379. The zero-order valence-electron chi connectivity index (χ0n) is 8.10. The first kappa shape index (κ1) is 9.52. The van der Waals surface area contributed by atoms with Gasteiger partial charge in [0.1, 0.15) is 0 Å². The molecular formula is C12H10O3. The molecule has 15 heavy (non-hydrogen) atoms. The first-order valence-electron chi connectivity index (χ1n) is 4.60. The van der Waals surface area contributed by atoms with E-state index < -0.39 is 5.82 Å². The highest BCUT2D eigenvalue weighted by Crippen LogP contribution is 2.22. The van der Waals surface area contributed by atoms with Crippen LogP contribution in [-0.2, 0) is 6.42 Å². The molecule has 3 nitrogen and oxygen atoms in total. The average molecular weight is 202 g/mol. The number of allylic oxidation sites excluding steroid dienone is 1. The Bertz CT molecular complexity index is 505. The van der Waals surface area contributed by atoms with Crippen molar-refractivity contribution in [3.8, 4) is 11.3 Å². The van der Waals surface area contributed by atoms with E-state index in [0.717, 1.165) is 5.56 Å². The lowest BCUT2D eigenvalue weighted by Gasteiger charge is -1.96. The summed E-state index contributed by atoms with van der Waals surface area (Å²) in [6.07, 6.45) is 2.15. The molecule has 0 spiro atoms. The van der Waals surface area contributed by atoms with Crippen LogP contribution < -0.4 is 5.82 Å². The van der Waals surface area contributed by atoms with Gasteiger partial charge in [0.2, 0.25) is 0 Å². The Kier molecular flexibility index (Phi) is 2.54. The van der Waals surface area contributed by atoms with Gasteiger partial charge in [0.15, 0.2) is 11.5 Å². The molecule has 2 aromatic rings. The minimum atomic E-state index is -0.675. The Morgan fingerprint density at radius 3 is 2.60 bits per heavy atom. The lowest BCUT2D eigenvalue weighted by Crippen LogP contribution is -1.86. The van der Waals surface area contributed by atoms with E-state index >= 15 is 0 Å². The maximum atomic E-state index is 11.0. The molecule has 0 bridgehead atoms. The van der Waals surface area contributed by atoms with Crippen molar-refractivity contribution in [2.45, 2.75) is 6.42 Å².